The van der Waals surface area contributed by atoms with E-state index in [2.05, 4.69) is 15.0 Å². The third-order valence-corrected chi connectivity index (χ3v) is 8.23. The first-order chi connectivity index (χ1) is 19.0. The van der Waals surface area contributed by atoms with Gasteiger partial charge in [0, 0.05) is 23.7 Å². The summed E-state index contributed by atoms with van der Waals surface area (Å²) in [6.07, 6.45) is 3.76. The summed E-state index contributed by atoms with van der Waals surface area (Å²) in [5.41, 5.74) is 2.04. The molecule has 6 heterocycles. The van der Waals surface area contributed by atoms with Crippen LogP contribution in [0, 0.1) is 0 Å². The highest BCUT2D eigenvalue weighted by Crippen LogP contribution is 2.54. The van der Waals surface area contributed by atoms with E-state index in [4.69, 9.17) is 9.47 Å². The predicted molar refractivity (Wildman–Crippen MR) is 147 cm³/mol. The average molecular weight is 558 g/mol. The van der Waals surface area contributed by atoms with Crippen molar-refractivity contribution < 1.29 is 29.3 Å². The molecule has 1 aliphatic heterocycles. The van der Waals surface area contributed by atoms with Gasteiger partial charge in [0.2, 0.25) is 0 Å². The number of hydrogen-bond acceptors (Lipinski definition) is 9. The van der Waals surface area contributed by atoms with Crippen LogP contribution in [-0.2, 0) is 0 Å². The second-order valence-electron chi connectivity index (χ2n) is 8.54. The number of rotatable bonds is 6. The van der Waals surface area contributed by atoms with E-state index in [1.54, 1.807) is 28.9 Å². The number of carboxylic acid groups (broad SMARTS) is 2. The molecule has 0 atom stereocenters. The standard InChI is InChI=1S/C28H19N3O6S2/c32-27(33)16-5-7-30-19(12-16)21-14-17(28(34)35)13-20(31-21)18-11-15(4-6-29-18)25-23-24(37-9-2-8-36-23)26(39-25)22-3-1-10-38-22/h1,3-7,10-14H,2,8-9H2,(H,32,33)(H,34,35). The smallest absolute Gasteiger partial charge is 0.335 e. The molecular formula is C28H19N3O6S2. The normalized spacial score (nSPS) is 12.6. The van der Waals surface area contributed by atoms with Crippen LogP contribution in [0.2, 0.25) is 0 Å². The molecule has 0 fully saturated rings. The Balaban J connectivity index is 1.47. The summed E-state index contributed by atoms with van der Waals surface area (Å²) in [7, 11) is 0. The number of aromatic nitrogens is 3. The Hall–Kier alpha value is -4.61. The Morgan fingerprint density at radius 2 is 1.41 bits per heavy atom. The monoisotopic (exact) mass is 557 g/mol. The molecule has 0 saturated heterocycles. The van der Waals surface area contributed by atoms with Crippen molar-refractivity contribution in [2.75, 3.05) is 13.2 Å². The number of hydrogen-bond donors (Lipinski definition) is 2. The summed E-state index contributed by atoms with van der Waals surface area (Å²) in [4.78, 5) is 39.6. The molecule has 5 aromatic heterocycles. The van der Waals surface area contributed by atoms with Crippen LogP contribution in [0.4, 0.5) is 0 Å². The molecule has 0 saturated carbocycles. The van der Waals surface area contributed by atoms with Crippen LogP contribution in [0.1, 0.15) is 27.1 Å². The zero-order chi connectivity index (χ0) is 26.9. The van der Waals surface area contributed by atoms with E-state index in [0.29, 0.717) is 30.4 Å². The second-order valence-corrected chi connectivity index (χ2v) is 10.5. The van der Waals surface area contributed by atoms with E-state index < -0.39 is 11.9 Å². The number of carbonyl (C=O) groups is 2. The van der Waals surface area contributed by atoms with Gasteiger partial charge in [0.05, 0.1) is 56.9 Å². The summed E-state index contributed by atoms with van der Waals surface area (Å²) >= 11 is 3.19. The Labute approximate surface area is 230 Å². The first-order valence-electron chi connectivity index (χ1n) is 11.9. The molecule has 6 rings (SSSR count). The van der Waals surface area contributed by atoms with Crippen molar-refractivity contribution in [2.24, 2.45) is 0 Å². The van der Waals surface area contributed by atoms with E-state index >= 15 is 0 Å². The molecule has 0 aliphatic carbocycles. The number of aromatic carboxylic acids is 2. The lowest BCUT2D eigenvalue weighted by atomic mass is 10.1. The molecule has 1 aliphatic rings. The largest absolute Gasteiger partial charge is 0.488 e. The number of fused-ring (bicyclic) bond motifs is 1. The molecular weight excluding hydrogens is 538 g/mol. The van der Waals surface area contributed by atoms with Crippen LogP contribution in [0.25, 0.3) is 43.0 Å². The minimum absolute atomic E-state index is 0.0198. The predicted octanol–water partition coefficient (Wildman–Crippen LogP) is 6.22. The van der Waals surface area contributed by atoms with Gasteiger partial charge >= 0.3 is 11.9 Å². The molecule has 0 radical (unpaired) electrons. The van der Waals surface area contributed by atoms with E-state index in [1.165, 1.54) is 30.5 Å². The Morgan fingerprint density at radius 3 is 2.08 bits per heavy atom. The molecule has 11 heteroatoms. The van der Waals surface area contributed by atoms with Crippen molar-refractivity contribution in [3.63, 3.8) is 0 Å². The number of ether oxygens (including phenoxy) is 2. The maximum Gasteiger partial charge on any atom is 0.335 e. The highest BCUT2D eigenvalue weighted by Gasteiger charge is 2.26. The van der Waals surface area contributed by atoms with Gasteiger partial charge < -0.3 is 19.7 Å². The Bertz CT molecular complexity index is 1710. The SMILES string of the molecule is O=C(O)c1ccnc(-c2cc(C(=O)O)cc(-c3cc(-c4sc(-c5cccs5)c5c4OCCCO5)ccn3)n2)c1. The van der Waals surface area contributed by atoms with Gasteiger partial charge in [-0.25, -0.2) is 14.6 Å². The second kappa shape index (κ2) is 10.3. The zero-order valence-corrected chi connectivity index (χ0v) is 21.8. The summed E-state index contributed by atoms with van der Waals surface area (Å²) < 4.78 is 12.2. The molecule has 0 bridgehead atoms. The van der Waals surface area contributed by atoms with Crippen LogP contribution >= 0.6 is 22.7 Å². The molecule has 39 heavy (non-hydrogen) atoms. The van der Waals surface area contributed by atoms with E-state index in [9.17, 15) is 19.8 Å². The first-order valence-corrected chi connectivity index (χ1v) is 13.6. The summed E-state index contributed by atoms with van der Waals surface area (Å²) in [5.74, 6) is -0.863. The fourth-order valence-corrected chi connectivity index (χ4v) is 6.20. The third-order valence-electron chi connectivity index (χ3n) is 5.98. The highest BCUT2D eigenvalue weighted by molar-refractivity contribution is 7.24. The van der Waals surface area contributed by atoms with Crippen molar-refractivity contribution in [2.45, 2.75) is 6.42 Å². The summed E-state index contributed by atoms with van der Waals surface area (Å²) in [6.45, 7) is 1.10. The Morgan fingerprint density at radius 1 is 0.769 bits per heavy atom. The van der Waals surface area contributed by atoms with Gasteiger partial charge in [0.1, 0.15) is 0 Å². The number of pyridine rings is 3. The van der Waals surface area contributed by atoms with Gasteiger partial charge in [0.15, 0.2) is 11.5 Å². The van der Waals surface area contributed by atoms with Gasteiger partial charge in [-0.3, -0.25) is 9.97 Å². The van der Waals surface area contributed by atoms with E-state index in [1.807, 2.05) is 29.6 Å². The van der Waals surface area contributed by atoms with Crippen molar-refractivity contribution in [3.05, 3.63) is 77.4 Å². The maximum absolute atomic E-state index is 11.9. The minimum Gasteiger partial charge on any atom is -0.488 e. The minimum atomic E-state index is -1.15. The Kier molecular flexibility index (Phi) is 6.51. The van der Waals surface area contributed by atoms with Crippen molar-refractivity contribution in [1.29, 1.82) is 0 Å². The zero-order valence-electron chi connectivity index (χ0n) is 20.2. The van der Waals surface area contributed by atoms with E-state index in [-0.39, 0.29) is 22.5 Å². The van der Waals surface area contributed by atoms with Gasteiger partial charge in [-0.2, -0.15) is 0 Å². The van der Waals surface area contributed by atoms with E-state index in [0.717, 1.165) is 32.4 Å². The molecule has 0 amide bonds. The van der Waals surface area contributed by atoms with Gasteiger partial charge in [-0.05, 0) is 53.4 Å². The quantitative estimate of drug-likeness (QED) is 0.250. The van der Waals surface area contributed by atoms with Crippen LogP contribution < -0.4 is 9.47 Å². The number of thiophene rings is 2. The summed E-state index contributed by atoms with van der Waals surface area (Å²) in [6, 6.07) is 13.2. The topological polar surface area (TPSA) is 132 Å². The van der Waals surface area contributed by atoms with Crippen molar-refractivity contribution >= 4 is 34.6 Å². The van der Waals surface area contributed by atoms with Crippen molar-refractivity contribution in [3.8, 4) is 54.5 Å². The molecule has 0 unspecified atom stereocenters. The first kappa shape index (κ1) is 24.7. The lowest BCUT2D eigenvalue weighted by Crippen LogP contribution is -2.02. The average Bonchev–Trinajstić information content (AvgIpc) is 3.55. The maximum atomic E-state index is 11.9. The molecule has 5 aromatic rings. The lowest BCUT2D eigenvalue weighted by molar-refractivity contribution is 0.0686. The van der Waals surface area contributed by atoms with Crippen LogP contribution in [0.5, 0.6) is 11.5 Å². The molecule has 2 N–H and O–H groups in total. The van der Waals surface area contributed by atoms with Gasteiger partial charge in [-0.15, -0.1) is 22.7 Å². The van der Waals surface area contributed by atoms with Crippen LogP contribution in [0.3, 0.4) is 0 Å². The lowest BCUT2D eigenvalue weighted by Gasteiger charge is -2.09. The molecule has 9 nitrogen and oxygen atoms in total. The fourth-order valence-electron chi connectivity index (χ4n) is 4.16. The number of nitrogens with zero attached hydrogens (tertiary/aromatic N) is 3. The molecule has 0 aromatic carbocycles. The number of carboxylic acids is 2. The van der Waals surface area contributed by atoms with Gasteiger partial charge in [0.25, 0.3) is 0 Å². The van der Waals surface area contributed by atoms with Crippen molar-refractivity contribution in [1.82, 2.24) is 15.0 Å². The summed E-state index contributed by atoms with van der Waals surface area (Å²) in [5, 5.41) is 21.1. The third kappa shape index (κ3) is 4.85. The van der Waals surface area contributed by atoms with Crippen LogP contribution in [0.15, 0.2) is 66.3 Å². The molecule has 0 spiro atoms. The van der Waals surface area contributed by atoms with Gasteiger partial charge in [-0.1, -0.05) is 6.07 Å². The molecule has 194 valence electrons. The fraction of sp³-hybridized carbons (Fsp3) is 0.107. The highest BCUT2D eigenvalue weighted by atomic mass is 32.1. The van der Waals surface area contributed by atoms with Crippen LogP contribution in [-0.4, -0.2) is 50.3 Å².